The Morgan fingerprint density at radius 2 is 1.97 bits per heavy atom. The van der Waals surface area contributed by atoms with Crippen LogP contribution < -0.4 is 5.32 Å². The van der Waals surface area contributed by atoms with Gasteiger partial charge in [0.2, 0.25) is 0 Å². The third-order valence-electron chi connectivity index (χ3n) is 6.81. The summed E-state index contributed by atoms with van der Waals surface area (Å²) in [4.78, 5) is 9.22. The molecule has 1 aromatic heterocycles. The molecule has 5 rings (SSSR count). The molecule has 4 nitrogen and oxygen atoms in total. The topological polar surface area (TPSA) is 31.4 Å². The van der Waals surface area contributed by atoms with Crippen LogP contribution in [-0.2, 0) is 6.42 Å². The lowest BCUT2D eigenvalue weighted by molar-refractivity contribution is 0.258. The Labute approximate surface area is 188 Å². The number of pyridine rings is 1. The largest absolute Gasteiger partial charge is 0.350 e. The molecule has 0 unspecified atom stereocenters. The molecule has 3 heterocycles. The van der Waals surface area contributed by atoms with Crippen LogP contribution >= 0.6 is 0 Å². The first-order chi connectivity index (χ1) is 15.2. The molecule has 2 aliphatic carbocycles. The number of hydrogen-bond donors (Lipinski definition) is 1. The molecule has 0 bridgehead atoms. The van der Waals surface area contributed by atoms with Crippen molar-refractivity contribution in [3.63, 3.8) is 0 Å². The lowest BCUT2D eigenvalue weighted by atomic mass is 9.88. The lowest BCUT2D eigenvalue weighted by Crippen LogP contribution is -2.44. The van der Waals surface area contributed by atoms with Gasteiger partial charge in [-0.15, -0.1) is 0 Å². The fourth-order valence-electron chi connectivity index (χ4n) is 4.85. The number of allylic oxidation sites excluding steroid dienone is 3. The summed E-state index contributed by atoms with van der Waals surface area (Å²) in [6.45, 7) is 13.9. The highest BCUT2D eigenvalue weighted by atomic mass is 15.2. The highest BCUT2D eigenvalue weighted by molar-refractivity contribution is 5.86. The van der Waals surface area contributed by atoms with E-state index >= 15 is 0 Å². The molecule has 4 aliphatic rings. The molecule has 1 saturated heterocycles. The number of likely N-dealkylation sites (N-methyl/N-ethyl adjacent to an activating group) is 1. The van der Waals surface area contributed by atoms with Gasteiger partial charge in [0.25, 0.3) is 0 Å². The number of rotatable bonds is 6. The van der Waals surface area contributed by atoms with Crippen molar-refractivity contribution < 1.29 is 0 Å². The summed E-state index contributed by atoms with van der Waals surface area (Å²) in [6, 6.07) is 2.22. The van der Waals surface area contributed by atoms with Gasteiger partial charge in [0.1, 0.15) is 0 Å². The molecule has 1 aromatic rings. The predicted octanol–water partition coefficient (Wildman–Crippen LogP) is 4.78. The number of aromatic nitrogens is 1. The Bertz CT molecular complexity index is 898. The standard InChI is InChI=1S/C25H32N4.C2H6/c1-18-23-13-20(16-29-11-9-26-10-12-29)14-24(23)25(17-28(18)2)22-7-8-27-15-21(22)6-5-19-3-4-19;1-2/h7-8,13,15,17,19,26H,1,3-6,9-12,14,16H2,2H3;1-2H3. The van der Waals surface area contributed by atoms with E-state index in [2.05, 4.69) is 58.3 Å². The Hall–Kier alpha value is -2.17. The maximum atomic E-state index is 4.45. The minimum atomic E-state index is 0.944. The molecular weight excluding hydrogens is 380 g/mol. The molecule has 0 amide bonds. The van der Waals surface area contributed by atoms with Gasteiger partial charge in [0.05, 0.1) is 0 Å². The van der Waals surface area contributed by atoms with Crippen molar-refractivity contribution in [1.82, 2.24) is 20.1 Å². The second-order valence-corrected chi connectivity index (χ2v) is 9.01. The number of aryl methyl sites for hydroxylation is 1. The van der Waals surface area contributed by atoms with E-state index in [0.29, 0.717) is 0 Å². The van der Waals surface area contributed by atoms with Crippen molar-refractivity contribution in [3.05, 3.63) is 70.9 Å². The van der Waals surface area contributed by atoms with Gasteiger partial charge in [-0.2, -0.15) is 0 Å². The van der Waals surface area contributed by atoms with Gasteiger partial charge in [-0.05, 0) is 47.9 Å². The summed E-state index contributed by atoms with van der Waals surface area (Å²) < 4.78 is 0. The Morgan fingerprint density at radius 1 is 1.19 bits per heavy atom. The average Bonchev–Trinajstić information content (AvgIpc) is 3.55. The van der Waals surface area contributed by atoms with Gasteiger partial charge in [0.15, 0.2) is 0 Å². The highest BCUT2D eigenvalue weighted by Gasteiger charge is 2.29. The molecule has 0 radical (unpaired) electrons. The third-order valence-corrected chi connectivity index (χ3v) is 6.81. The summed E-state index contributed by atoms with van der Waals surface area (Å²) in [5.74, 6) is 0.944. The quantitative estimate of drug-likeness (QED) is 0.720. The number of piperazine rings is 1. The lowest BCUT2D eigenvalue weighted by Gasteiger charge is -2.28. The SMILES string of the molecule is C=C1C2=C(CC(CN3CCNCC3)=C2)C(c2ccncc2CCC2CC2)=CN1C.CC. The van der Waals surface area contributed by atoms with Crippen LogP contribution in [0.5, 0.6) is 0 Å². The van der Waals surface area contributed by atoms with Crippen molar-refractivity contribution in [2.75, 3.05) is 39.8 Å². The third kappa shape index (κ3) is 5.02. The minimum absolute atomic E-state index is 0.944. The van der Waals surface area contributed by atoms with E-state index in [1.807, 2.05) is 20.0 Å². The first-order valence-electron chi connectivity index (χ1n) is 12.1. The smallest absolute Gasteiger partial charge is 0.0407 e. The molecule has 1 saturated carbocycles. The number of hydrogen-bond acceptors (Lipinski definition) is 4. The maximum Gasteiger partial charge on any atom is 0.0407 e. The summed E-state index contributed by atoms with van der Waals surface area (Å²) >= 11 is 0. The fraction of sp³-hybridized carbons (Fsp3) is 0.519. The summed E-state index contributed by atoms with van der Waals surface area (Å²) in [6.07, 6.45) is 15.0. The van der Waals surface area contributed by atoms with Gasteiger partial charge in [-0.1, -0.05) is 44.9 Å². The van der Waals surface area contributed by atoms with Crippen LogP contribution in [-0.4, -0.2) is 54.6 Å². The van der Waals surface area contributed by atoms with Crippen LogP contribution in [0, 0.1) is 5.92 Å². The molecule has 0 atom stereocenters. The van der Waals surface area contributed by atoms with Crippen LogP contribution in [0.1, 0.15) is 50.7 Å². The molecular formula is C27H38N4. The van der Waals surface area contributed by atoms with Crippen molar-refractivity contribution in [2.45, 2.75) is 46.0 Å². The van der Waals surface area contributed by atoms with Crippen molar-refractivity contribution in [2.24, 2.45) is 5.92 Å². The summed E-state index contributed by atoms with van der Waals surface area (Å²) in [7, 11) is 2.12. The second kappa shape index (κ2) is 9.97. The van der Waals surface area contributed by atoms with Crippen LogP contribution in [0.2, 0.25) is 0 Å². The molecule has 0 spiro atoms. The van der Waals surface area contributed by atoms with E-state index in [9.17, 15) is 0 Å². The van der Waals surface area contributed by atoms with Crippen LogP contribution in [0.25, 0.3) is 5.57 Å². The molecule has 0 aromatic carbocycles. The van der Waals surface area contributed by atoms with Crippen molar-refractivity contribution in [1.29, 1.82) is 0 Å². The Kier molecular flexibility index (Phi) is 7.09. The van der Waals surface area contributed by atoms with Gasteiger partial charge >= 0.3 is 0 Å². The second-order valence-electron chi connectivity index (χ2n) is 9.01. The van der Waals surface area contributed by atoms with E-state index in [-0.39, 0.29) is 0 Å². The first kappa shape index (κ1) is 22.0. The summed E-state index contributed by atoms with van der Waals surface area (Å²) in [5.41, 5.74) is 9.56. The monoisotopic (exact) mass is 418 g/mol. The van der Waals surface area contributed by atoms with Crippen LogP contribution in [0.4, 0.5) is 0 Å². The Balaban J connectivity index is 0.00000112. The van der Waals surface area contributed by atoms with Crippen LogP contribution in [0.15, 0.2) is 59.7 Å². The van der Waals surface area contributed by atoms with Gasteiger partial charge < -0.3 is 10.2 Å². The molecule has 1 N–H and O–H groups in total. The average molecular weight is 419 g/mol. The van der Waals surface area contributed by atoms with Crippen LogP contribution in [0.3, 0.4) is 0 Å². The molecule has 2 aliphatic heterocycles. The fourth-order valence-corrected chi connectivity index (χ4v) is 4.85. The molecule has 166 valence electrons. The van der Waals surface area contributed by atoms with Gasteiger partial charge in [0, 0.05) is 75.2 Å². The van der Waals surface area contributed by atoms with E-state index in [4.69, 9.17) is 0 Å². The zero-order chi connectivity index (χ0) is 21.8. The van der Waals surface area contributed by atoms with E-state index in [0.717, 1.165) is 57.2 Å². The molecule has 2 fully saturated rings. The normalized spacial score (nSPS) is 21.4. The number of nitrogens with zero attached hydrogens (tertiary/aromatic N) is 3. The van der Waals surface area contributed by atoms with E-state index in [1.54, 1.807) is 0 Å². The molecule has 31 heavy (non-hydrogen) atoms. The maximum absolute atomic E-state index is 4.45. The van der Waals surface area contributed by atoms with E-state index in [1.165, 1.54) is 52.7 Å². The zero-order valence-electron chi connectivity index (χ0n) is 19.6. The highest BCUT2D eigenvalue weighted by Crippen LogP contribution is 2.44. The summed E-state index contributed by atoms with van der Waals surface area (Å²) in [5, 5.41) is 3.45. The minimum Gasteiger partial charge on any atom is -0.350 e. The Morgan fingerprint density at radius 3 is 2.71 bits per heavy atom. The van der Waals surface area contributed by atoms with Gasteiger partial charge in [-0.25, -0.2) is 0 Å². The van der Waals surface area contributed by atoms with Gasteiger partial charge in [-0.3, -0.25) is 9.88 Å². The van der Waals surface area contributed by atoms with Crippen molar-refractivity contribution >= 4 is 5.57 Å². The van der Waals surface area contributed by atoms with E-state index < -0.39 is 0 Å². The molecule has 4 heteroatoms. The first-order valence-corrected chi connectivity index (χ1v) is 12.1. The zero-order valence-corrected chi connectivity index (χ0v) is 19.6. The predicted molar refractivity (Wildman–Crippen MR) is 131 cm³/mol. The number of nitrogens with one attached hydrogen (secondary N) is 1. The van der Waals surface area contributed by atoms with Crippen molar-refractivity contribution in [3.8, 4) is 0 Å².